The fourth-order valence-electron chi connectivity index (χ4n) is 3.85. The Labute approximate surface area is 174 Å². The molecule has 0 radical (unpaired) electrons. The lowest BCUT2D eigenvalue weighted by Gasteiger charge is -2.32. The normalized spacial score (nSPS) is 18.4. The number of carbonyl (C=O) groups is 1. The Hall–Kier alpha value is -3.50. The Morgan fingerprint density at radius 1 is 1.13 bits per heavy atom. The van der Waals surface area contributed by atoms with Crippen molar-refractivity contribution in [2.75, 3.05) is 30.1 Å². The first kappa shape index (κ1) is 19.5. The van der Waals surface area contributed by atoms with Gasteiger partial charge in [0.1, 0.15) is 0 Å². The average Bonchev–Trinajstić information content (AvgIpc) is 3.39. The average molecular weight is 433 g/mol. The van der Waals surface area contributed by atoms with E-state index in [1.165, 1.54) is 10.5 Å². The van der Waals surface area contributed by atoms with Gasteiger partial charge in [0.25, 0.3) is 0 Å². The summed E-state index contributed by atoms with van der Waals surface area (Å²) in [7, 11) is 0. The van der Waals surface area contributed by atoms with Crippen LogP contribution in [-0.4, -0.2) is 40.4 Å². The minimum Gasteiger partial charge on any atom is -0.454 e. The van der Waals surface area contributed by atoms with E-state index in [1.807, 2.05) is 0 Å². The molecule has 1 atom stereocenters. The van der Waals surface area contributed by atoms with E-state index in [2.05, 4.69) is 15.5 Å². The number of fused-ring (bicyclic) bond motifs is 2. The van der Waals surface area contributed by atoms with Gasteiger partial charge in [0, 0.05) is 31.0 Å². The molecule has 1 saturated heterocycles. The van der Waals surface area contributed by atoms with Gasteiger partial charge in [0.15, 0.2) is 17.1 Å². The molecule has 0 aliphatic carbocycles. The number of benzene rings is 1. The van der Waals surface area contributed by atoms with Crippen molar-refractivity contribution in [3.8, 4) is 11.5 Å². The molecule has 11 heteroatoms. The van der Waals surface area contributed by atoms with E-state index in [-0.39, 0.29) is 18.6 Å². The lowest BCUT2D eigenvalue weighted by molar-refractivity contribution is -0.137. The smallest absolute Gasteiger partial charge is 0.417 e. The largest absolute Gasteiger partial charge is 0.454 e. The molecule has 5 rings (SSSR count). The highest BCUT2D eigenvalue weighted by Gasteiger charge is 2.32. The van der Waals surface area contributed by atoms with E-state index in [0.29, 0.717) is 54.7 Å². The number of nitrogens with one attached hydrogen (secondary N) is 1. The van der Waals surface area contributed by atoms with Crippen LogP contribution in [0.25, 0.3) is 5.65 Å². The molecular weight excluding hydrogens is 415 g/mol. The molecule has 3 aromatic rings. The number of piperidine rings is 1. The first-order valence-corrected chi connectivity index (χ1v) is 9.76. The standard InChI is InChI=1S/C20H18F3N5O3/c21-20(22,23)13-3-6-17-25-26-19(28(17)10-13)27-7-1-2-12(9-27)18(29)24-14-4-5-15-16(8-14)31-11-30-15/h3-6,8,10,12H,1-2,7,9,11H2,(H,24,29). The second kappa shape index (κ2) is 7.33. The molecule has 4 heterocycles. The highest BCUT2D eigenvalue weighted by molar-refractivity contribution is 5.93. The van der Waals surface area contributed by atoms with Gasteiger partial charge in [0.2, 0.25) is 18.6 Å². The highest BCUT2D eigenvalue weighted by Crippen LogP contribution is 2.35. The Morgan fingerprint density at radius 2 is 1.97 bits per heavy atom. The number of amides is 1. The molecule has 2 aliphatic rings. The van der Waals surface area contributed by atoms with Crippen molar-refractivity contribution in [2.45, 2.75) is 19.0 Å². The van der Waals surface area contributed by atoms with Crippen LogP contribution in [0.3, 0.4) is 0 Å². The van der Waals surface area contributed by atoms with E-state index < -0.39 is 11.7 Å². The van der Waals surface area contributed by atoms with Gasteiger partial charge in [-0.05, 0) is 37.1 Å². The van der Waals surface area contributed by atoms with Crippen molar-refractivity contribution in [3.63, 3.8) is 0 Å². The zero-order valence-electron chi connectivity index (χ0n) is 16.2. The van der Waals surface area contributed by atoms with Crippen molar-refractivity contribution in [1.29, 1.82) is 0 Å². The third kappa shape index (κ3) is 3.71. The summed E-state index contributed by atoms with van der Waals surface area (Å²) in [5.41, 5.74) is 0.124. The third-order valence-electron chi connectivity index (χ3n) is 5.43. The van der Waals surface area contributed by atoms with Gasteiger partial charge >= 0.3 is 6.18 Å². The molecule has 1 amide bonds. The molecule has 1 N–H and O–H groups in total. The maximum Gasteiger partial charge on any atom is 0.417 e. The molecule has 2 aromatic heterocycles. The number of rotatable bonds is 3. The first-order chi connectivity index (χ1) is 14.9. The number of hydrogen-bond donors (Lipinski definition) is 1. The summed E-state index contributed by atoms with van der Waals surface area (Å²) >= 11 is 0. The summed E-state index contributed by atoms with van der Waals surface area (Å²) in [6.07, 6.45) is -2.11. The zero-order chi connectivity index (χ0) is 21.6. The van der Waals surface area contributed by atoms with E-state index >= 15 is 0 Å². The fraction of sp³-hybridized carbons (Fsp3) is 0.350. The molecule has 1 fully saturated rings. The first-order valence-electron chi connectivity index (χ1n) is 9.76. The van der Waals surface area contributed by atoms with Crippen LogP contribution < -0.4 is 19.7 Å². The van der Waals surface area contributed by atoms with Crippen LogP contribution in [0.4, 0.5) is 24.8 Å². The summed E-state index contributed by atoms with van der Waals surface area (Å²) in [6, 6.07) is 7.42. The van der Waals surface area contributed by atoms with E-state index in [9.17, 15) is 18.0 Å². The lowest BCUT2D eigenvalue weighted by Crippen LogP contribution is -2.41. The van der Waals surface area contributed by atoms with Gasteiger partial charge in [-0.15, -0.1) is 10.2 Å². The second-order valence-corrected chi connectivity index (χ2v) is 7.49. The molecule has 0 saturated carbocycles. The summed E-state index contributed by atoms with van der Waals surface area (Å²) in [6.45, 7) is 1.05. The molecule has 0 bridgehead atoms. The van der Waals surface area contributed by atoms with Gasteiger partial charge in [-0.3, -0.25) is 9.20 Å². The number of halogens is 3. The molecule has 31 heavy (non-hydrogen) atoms. The molecule has 1 aromatic carbocycles. The zero-order valence-corrected chi connectivity index (χ0v) is 16.2. The molecule has 2 aliphatic heterocycles. The topological polar surface area (TPSA) is 81.0 Å². The quantitative estimate of drug-likeness (QED) is 0.683. The molecular formula is C20H18F3N5O3. The number of hydrogen-bond acceptors (Lipinski definition) is 6. The summed E-state index contributed by atoms with van der Waals surface area (Å²) in [4.78, 5) is 14.6. The van der Waals surface area contributed by atoms with Crippen LogP contribution in [0.15, 0.2) is 36.5 Å². The van der Waals surface area contributed by atoms with Crippen LogP contribution in [0.1, 0.15) is 18.4 Å². The number of anilines is 2. The van der Waals surface area contributed by atoms with Crippen molar-refractivity contribution in [1.82, 2.24) is 14.6 Å². The van der Waals surface area contributed by atoms with Crippen LogP contribution in [-0.2, 0) is 11.0 Å². The van der Waals surface area contributed by atoms with Crippen LogP contribution >= 0.6 is 0 Å². The van der Waals surface area contributed by atoms with E-state index in [4.69, 9.17) is 9.47 Å². The highest BCUT2D eigenvalue weighted by atomic mass is 19.4. The summed E-state index contributed by atoms with van der Waals surface area (Å²) in [5, 5.41) is 10.9. The van der Waals surface area contributed by atoms with Crippen LogP contribution in [0.5, 0.6) is 11.5 Å². The minimum absolute atomic E-state index is 0.146. The number of carbonyl (C=O) groups excluding carboxylic acids is 1. The Balaban J connectivity index is 1.34. The number of ether oxygens (including phenoxy) is 2. The van der Waals surface area contributed by atoms with Gasteiger partial charge in [-0.2, -0.15) is 13.2 Å². The van der Waals surface area contributed by atoms with Crippen LogP contribution in [0.2, 0.25) is 0 Å². The number of pyridine rings is 1. The maximum atomic E-state index is 13.1. The third-order valence-corrected chi connectivity index (χ3v) is 5.43. The molecule has 0 spiro atoms. The Bertz CT molecular complexity index is 1150. The summed E-state index contributed by atoms with van der Waals surface area (Å²) < 4.78 is 51.3. The minimum atomic E-state index is -4.47. The van der Waals surface area contributed by atoms with Crippen molar-refractivity contribution in [2.24, 2.45) is 5.92 Å². The number of nitrogens with zero attached hydrogens (tertiary/aromatic N) is 4. The van der Waals surface area contributed by atoms with Crippen LogP contribution in [0, 0.1) is 5.92 Å². The Morgan fingerprint density at radius 3 is 2.81 bits per heavy atom. The number of alkyl halides is 3. The monoisotopic (exact) mass is 433 g/mol. The van der Waals surface area contributed by atoms with Crippen molar-refractivity contribution < 1.29 is 27.4 Å². The predicted octanol–water partition coefficient (Wildman–Crippen LogP) is 3.33. The molecule has 8 nitrogen and oxygen atoms in total. The van der Waals surface area contributed by atoms with Crippen molar-refractivity contribution in [3.05, 3.63) is 42.1 Å². The Kier molecular flexibility index (Phi) is 4.60. The van der Waals surface area contributed by atoms with Gasteiger partial charge in [0.05, 0.1) is 11.5 Å². The van der Waals surface area contributed by atoms with Gasteiger partial charge in [-0.1, -0.05) is 0 Å². The van der Waals surface area contributed by atoms with Crippen molar-refractivity contribution >= 4 is 23.2 Å². The van der Waals surface area contributed by atoms with E-state index in [1.54, 1.807) is 23.1 Å². The van der Waals surface area contributed by atoms with E-state index in [0.717, 1.165) is 12.3 Å². The fourth-order valence-corrected chi connectivity index (χ4v) is 3.85. The molecule has 1 unspecified atom stereocenters. The maximum absolute atomic E-state index is 13.1. The second-order valence-electron chi connectivity index (χ2n) is 7.49. The van der Waals surface area contributed by atoms with Gasteiger partial charge in [-0.25, -0.2) is 0 Å². The lowest BCUT2D eigenvalue weighted by atomic mass is 9.97. The summed E-state index contributed by atoms with van der Waals surface area (Å²) in [5.74, 6) is 0.963. The number of aromatic nitrogens is 3. The van der Waals surface area contributed by atoms with Gasteiger partial charge < -0.3 is 19.7 Å². The predicted molar refractivity (Wildman–Crippen MR) is 104 cm³/mol. The SMILES string of the molecule is O=C(Nc1ccc2c(c1)OCO2)C1CCCN(c2nnc3ccc(C(F)(F)F)cn23)C1. The molecule has 162 valence electrons.